The third kappa shape index (κ3) is 2.26. The van der Waals surface area contributed by atoms with Crippen LogP contribution in [0.25, 0.3) is 0 Å². The summed E-state index contributed by atoms with van der Waals surface area (Å²) in [5.41, 5.74) is 0. The molecule has 1 aliphatic rings. The molecule has 2 rings (SSSR count). The number of hydrogen-bond acceptors (Lipinski definition) is 3. The maximum absolute atomic E-state index is 4.23. The van der Waals surface area contributed by atoms with Gasteiger partial charge < -0.3 is 5.32 Å². The molecular weight excluding hydrogens is 200 g/mol. The molecule has 1 aromatic rings. The lowest BCUT2D eigenvalue weighted by atomic mass is 9.93. The van der Waals surface area contributed by atoms with Crippen molar-refractivity contribution in [3.05, 3.63) is 12.2 Å². The quantitative estimate of drug-likeness (QED) is 0.843. The summed E-state index contributed by atoms with van der Waals surface area (Å²) in [7, 11) is 1.94. The van der Waals surface area contributed by atoms with E-state index >= 15 is 0 Å². The summed E-state index contributed by atoms with van der Waals surface area (Å²) in [6.07, 6.45) is 5.60. The first-order valence-corrected chi connectivity index (χ1v) is 6.28. The van der Waals surface area contributed by atoms with Crippen LogP contribution in [0.2, 0.25) is 0 Å². The molecule has 1 N–H and O–H groups in total. The van der Waals surface area contributed by atoms with Crippen LogP contribution >= 0.6 is 0 Å². The van der Waals surface area contributed by atoms with Crippen molar-refractivity contribution in [2.45, 2.75) is 45.7 Å². The average Bonchev–Trinajstić information content (AvgIpc) is 2.83. The zero-order valence-corrected chi connectivity index (χ0v) is 10.5. The molecule has 0 saturated heterocycles. The van der Waals surface area contributed by atoms with E-state index in [9.17, 15) is 0 Å². The van der Waals surface area contributed by atoms with Gasteiger partial charge in [-0.1, -0.05) is 20.3 Å². The lowest BCUT2D eigenvalue weighted by Gasteiger charge is -2.20. The van der Waals surface area contributed by atoms with Gasteiger partial charge in [-0.15, -0.1) is 0 Å². The first-order valence-electron chi connectivity index (χ1n) is 6.28. The fourth-order valence-electron chi connectivity index (χ4n) is 2.81. The molecule has 1 aromatic heterocycles. The molecule has 1 fully saturated rings. The highest BCUT2D eigenvalue weighted by Crippen LogP contribution is 2.33. The summed E-state index contributed by atoms with van der Waals surface area (Å²) >= 11 is 0. The monoisotopic (exact) mass is 222 g/mol. The Labute approximate surface area is 97.5 Å². The molecule has 4 heteroatoms. The van der Waals surface area contributed by atoms with Crippen LogP contribution in [-0.2, 0) is 13.6 Å². The number of hydrogen-bond donors (Lipinski definition) is 1. The van der Waals surface area contributed by atoms with Gasteiger partial charge in [-0.05, 0) is 24.7 Å². The minimum absolute atomic E-state index is 0.654. The van der Waals surface area contributed by atoms with Crippen LogP contribution in [0, 0.1) is 11.8 Å². The van der Waals surface area contributed by atoms with Crippen molar-refractivity contribution < 1.29 is 0 Å². The minimum atomic E-state index is 0.654. The van der Waals surface area contributed by atoms with Gasteiger partial charge in [0.25, 0.3) is 0 Å². The maximum Gasteiger partial charge on any atom is 0.140 e. The molecule has 0 amide bonds. The zero-order valence-electron chi connectivity index (χ0n) is 10.5. The minimum Gasteiger partial charge on any atom is -0.307 e. The summed E-state index contributed by atoms with van der Waals surface area (Å²) in [5.74, 6) is 2.71. The Morgan fingerprint density at radius 3 is 2.88 bits per heavy atom. The second-order valence-corrected chi connectivity index (χ2v) is 4.89. The van der Waals surface area contributed by atoms with Crippen LogP contribution < -0.4 is 5.32 Å². The highest BCUT2D eigenvalue weighted by Gasteiger charge is 2.31. The predicted molar refractivity (Wildman–Crippen MR) is 63.8 cm³/mol. The van der Waals surface area contributed by atoms with Crippen molar-refractivity contribution in [1.29, 1.82) is 0 Å². The Bertz CT molecular complexity index is 334. The van der Waals surface area contributed by atoms with Crippen LogP contribution in [0.15, 0.2) is 6.33 Å². The van der Waals surface area contributed by atoms with Crippen molar-refractivity contribution >= 4 is 0 Å². The Morgan fingerprint density at radius 1 is 1.50 bits per heavy atom. The molecule has 16 heavy (non-hydrogen) atoms. The van der Waals surface area contributed by atoms with Crippen molar-refractivity contribution in [1.82, 2.24) is 20.1 Å². The molecule has 3 atom stereocenters. The number of nitrogens with one attached hydrogen (secondary N) is 1. The Kier molecular flexibility index (Phi) is 3.59. The molecule has 0 bridgehead atoms. The van der Waals surface area contributed by atoms with Gasteiger partial charge in [-0.3, -0.25) is 4.68 Å². The topological polar surface area (TPSA) is 42.7 Å². The number of aromatic nitrogens is 3. The highest BCUT2D eigenvalue weighted by molar-refractivity contribution is 4.89. The number of aryl methyl sites for hydroxylation is 1. The number of nitrogens with zero attached hydrogens (tertiary/aromatic N) is 3. The lowest BCUT2D eigenvalue weighted by molar-refractivity contribution is 0.341. The van der Waals surface area contributed by atoms with Gasteiger partial charge in [0.2, 0.25) is 0 Å². The molecule has 4 nitrogen and oxygen atoms in total. The van der Waals surface area contributed by atoms with E-state index in [1.54, 1.807) is 6.33 Å². The smallest absolute Gasteiger partial charge is 0.140 e. The average molecular weight is 222 g/mol. The molecule has 0 aromatic carbocycles. The van der Waals surface area contributed by atoms with Gasteiger partial charge in [0.1, 0.15) is 12.2 Å². The lowest BCUT2D eigenvalue weighted by Crippen LogP contribution is -2.33. The van der Waals surface area contributed by atoms with Crippen LogP contribution in [-0.4, -0.2) is 20.8 Å². The van der Waals surface area contributed by atoms with E-state index in [1.807, 2.05) is 11.7 Å². The zero-order chi connectivity index (χ0) is 11.5. The molecule has 1 heterocycles. The summed E-state index contributed by atoms with van der Waals surface area (Å²) in [5, 5.41) is 7.69. The van der Waals surface area contributed by atoms with E-state index in [0.717, 1.165) is 24.2 Å². The molecule has 0 radical (unpaired) electrons. The summed E-state index contributed by atoms with van der Waals surface area (Å²) < 4.78 is 1.84. The van der Waals surface area contributed by atoms with Gasteiger partial charge in [-0.2, -0.15) is 5.10 Å². The first-order chi connectivity index (χ1) is 7.72. The van der Waals surface area contributed by atoms with Gasteiger partial charge in [0, 0.05) is 13.1 Å². The number of rotatable bonds is 4. The Hall–Kier alpha value is -0.900. The van der Waals surface area contributed by atoms with Crippen LogP contribution in [0.5, 0.6) is 0 Å². The second-order valence-electron chi connectivity index (χ2n) is 4.89. The largest absolute Gasteiger partial charge is 0.307 e. The standard InChI is InChI=1S/C12H22N4/c1-4-10-5-6-11(9(10)2)13-7-12-14-8-15-16(12)3/h8-11,13H,4-7H2,1-3H3. The van der Waals surface area contributed by atoms with E-state index in [0.29, 0.717) is 6.04 Å². The highest BCUT2D eigenvalue weighted by atomic mass is 15.3. The van der Waals surface area contributed by atoms with E-state index in [-0.39, 0.29) is 0 Å². The molecule has 1 aliphatic carbocycles. The molecular formula is C12H22N4. The molecule has 0 spiro atoms. The van der Waals surface area contributed by atoms with E-state index in [1.165, 1.54) is 19.3 Å². The maximum atomic E-state index is 4.23. The van der Waals surface area contributed by atoms with Crippen LogP contribution in [0.1, 0.15) is 38.9 Å². The molecule has 1 saturated carbocycles. The van der Waals surface area contributed by atoms with E-state index in [2.05, 4.69) is 29.2 Å². The van der Waals surface area contributed by atoms with Gasteiger partial charge in [0.05, 0.1) is 6.54 Å². The van der Waals surface area contributed by atoms with E-state index < -0.39 is 0 Å². The van der Waals surface area contributed by atoms with Crippen molar-refractivity contribution in [2.75, 3.05) is 0 Å². The van der Waals surface area contributed by atoms with Crippen LogP contribution in [0.4, 0.5) is 0 Å². The third-order valence-electron chi connectivity index (χ3n) is 4.08. The Morgan fingerprint density at radius 2 is 2.31 bits per heavy atom. The molecule has 0 aliphatic heterocycles. The van der Waals surface area contributed by atoms with Crippen molar-refractivity contribution in [2.24, 2.45) is 18.9 Å². The second kappa shape index (κ2) is 4.95. The third-order valence-corrected chi connectivity index (χ3v) is 4.08. The first kappa shape index (κ1) is 11.6. The fourth-order valence-corrected chi connectivity index (χ4v) is 2.81. The molecule has 3 unspecified atom stereocenters. The Balaban J connectivity index is 1.85. The predicted octanol–water partition coefficient (Wildman–Crippen LogP) is 1.73. The normalized spacial score (nSPS) is 29.8. The van der Waals surface area contributed by atoms with Gasteiger partial charge >= 0.3 is 0 Å². The van der Waals surface area contributed by atoms with Gasteiger partial charge in [-0.25, -0.2) is 4.98 Å². The summed E-state index contributed by atoms with van der Waals surface area (Å²) in [6.45, 7) is 5.50. The fraction of sp³-hybridized carbons (Fsp3) is 0.833. The SMILES string of the molecule is CCC1CCC(NCc2ncnn2C)C1C. The van der Waals surface area contributed by atoms with Crippen molar-refractivity contribution in [3.8, 4) is 0 Å². The van der Waals surface area contributed by atoms with Gasteiger partial charge in [0.15, 0.2) is 0 Å². The summed E-state index contributed by atoms with van der Waals surface area (Å²) in [4.78, 5) is 4.23. The van der Waals surface area contributed by atoms with Crippen LogP contribution in [0.3, 0.4) is 0 Å². The van der Waals surface area contributed by atoms with E-state index in [4.69, 9.17) is 0 Å². The molecule has 90 valence electrons. The summed E-state index contributed by atoms with van der Waals surface area (Å²) in [6, 6.07) is 0.654. The van der Waals surface area contributed by atoms with Crippen molar-refractivity contribution in [3.63, 3.8) is 0 Å².